The highest BCUT2D eigenvalue weighted by atomic mass is 19.1. The van der Waals surface area contributed by atoms with E-state index in [1.807, 2.05) is 19.1 Å². The lowest BCUT2D eigenvalue weighted by Crippen LogP contribution is -2.13. The van der Waals surface area contributed by atoms with Crippen LogP contribution in [0.3, 0.4) is 0 Å². The van der Waals surface area contributed by atoms with Crippen molar-refractivity contribution >= 4 is 10.8 Å². The van der Waals surface area contributed by atoms with Gasteiger partial charge in [0.15, 0.2) is 0 Å². The van der Waals surface area contributed by atoms with Gasteiger partial charge in [0.05, 0.1) is 0 Å². The molecule has 0 spiro atoms. The van der Waals surface area contributed by atoms with Crippen molar-refractivity contribution in [2.45, 2.75) is 71.1 Å². The molecule has 4 rings (SSSR count). The summed E-state index contributed by atoms with van der Waals surface area (Å²) < 4.78 is 15.4. The maximum absolute atomic E-state index is 15.4. The van der Waals surface area contributed by atoms with Crippen LogP contribution in [0.4, 0.5) is 4.39 Å². The maximum atomic E-state index is 15.4. The van der Waals surface area contributed by atoms with Gasteiger partial charge in [0.1, 0.15) is 5.82 Å². The van der Waals surface area contributed by atoms with E-state index in [-0.39, 0.29) is 5.82 Å². The Bertz CT molecular complexity index is 1020. The SMILES string of the molecule is C/C=C/CCc1ccc2c(F)c(-c3ccc(C4CCC(CCC)CC4)cc3)ccc2c1. The molecule has 0 aliphatic heterocycles. The van der Waals surface area contributed by atoms with Crippen LogP contribution in [0.2, 0.25) is 0 Å². The molecule has 162 valence electrons. The second-order valence-corrected chi connectivity index (χ2v) is 9.22. The summed E-state index contributed by atoms with van der Waals surface area (Å²) in [5.41, 5.74) is 4.36. The first-order valence-corrected chi connectivity index (χ1v) is 12.1. The highest BCUT2D eigenvalue weighted by molar-refractivity contribution is 5.88. The quantitative estimate of drug-likeness (QED) is 0.338. The number of fused-ring (bicyclic) bond motifs is 1. The third kappa shape index (κ3) is 5.09. The van der Waals surface area contributed by atoms with Gasteiger partial charge >= 0.3 is 0 Å². The Kier molecular flexibility index (Phi) is 7.22. The van der Waals surface area contributed by atoms with Gasteiger partial charge in [-0.2, -0.15) is 0 Å². The lowest BCUT2D eigenvalue weighted by atomic mass is 9.77. The van der Waals surface area contributed by atoms with E-state index in [0.717, 1.165) is 29.7 Å². The van der Waals surface area contributed by atoms with Gasteiger partial charge in [-0.05, 0) is 79.4 Å². The first-order valence-electron chi connectivity index (χ1n) is 12.1. The molecule has 0 aromatic heterocycles. The zero-order valence-corrected chi connectivity index (χ0v) is 19.0. The number of benzene rings is 3. The first-order chi connectivity index (χ1) is 15.2. The molecular weight excluding hydrogens is 379 g/mol. The van der Waals surface area contributed by atoms with Crippen molar-refractivity contribution < 1.29 is 4.39 Å². The normalized spacial score (nSPS) is 19.3. The van der Waals surface area contributed by atoms with Crippen molar-refractivity contribution in [2.24, 2.45) is 5.92 Å². The molecule has 0 bridgehead atoms. The molecule has 3 aromatic carbocycles. The third-order valence-electron chi connectivity index (χ3n) is 7.09. The van der Waals surface area contributed by atoms with Crippen molar-refractivity contribution in [3.63, 3.8) is 0 Å². The van der Waals surface area contributed by atoms with E-state index in [1.54, 1.807) is 0 Å². The number of hydrogen-bond acceptors (Lipinski definition) is 0. The molecule has 0 N–H and O–H groups in total. The van der Waals surface area contributed by atoms with Gasteiger partial charge in [0.2, 0.25) is 0 Å². The average molecular weight is 415 g/mol. The summed E-state index contributed by atoms with van der Waals surface area (Å²) in [5.74, 6) is 1.49. The number of allylic oxidation sites excluding steroid dienone is 2. The molecule has 1 aliphatic rings. The van der Waals surface area contributed by atoms with Gasteiger partial charge in [0.25, 0.3) is 0 Å². The van der Waals surface area contributed by atoms with Crippen molar-refractivity contribution in [3.05, 3.63) is 83.7 Å². The van der Waals surface area contributed by atoms with Crippen molar-refractivity contribution in [1.82, 2.24) is 0 Å². The highest BCUT2D eigenvalue weighted by Gasteiger charge is 2.22. The largest absolute Gasteiger partial charge is 0.206 e. The van der Waals surface area contributed by atoms with Gasteiger partial charge in [-0.25, -0.2) is 4.39 Å². The Morgan fingerprint density at radius 1 is 0.935 bits per heavy atom. The lowest BCUT2D eigenvalue weighted by molar-refractivity contribution is 0.308. The minimum atomic E-state index is -0.106. The van der Waals surface area contributed by atoms with Crippen LogP contribution < -0.4 is 0 Å². The van der Waals surface area contributed by atoms with Gasteiger partial charge in [-0.1, -0.05) is 86.5 Å². The number of aryl methyl sites for hydroxylation is 1. The molecule has 31 heavy (non-hydrogen) atoms. The first kappa shape index (κ1) is 21.8. The van der Waals surface area contributed by atoms with Crippen LogP contribution in [0.1, 0.15) is 75.8 Å². The average Bonchev–Trinajstić information content (AvgIpc) is 2.80. The molecule has 0 atom stereocenters. The molecule has 0 saturated heterocycles. The topological polar surface area (TPSA) is 0 Å². The molecule has 1 aliphatic carbocycles. The van der Waals surface area contributed by atoms with Crippen molar-refractivity contribution in [2.75, 3.05) is 0 Å². The summed E-state index contributed by atoms with van der Waals surface area (Å²) in [4.78, 5) is 0. The monoisotopic (exact) mass is 414 g/mol. The molecule has 0 radical (unpaired) electrons. The summed E-state index contributed by atoms with van der Waals surface area (Å²) in [5, 5.41) is 1.70. The van der Waals surface area contributed by atoms with Crippen LogP contribution in [-0.2, 0) is 6.42 Å². The Morgan fingerprint density at radius 3 is 2.42 bits per heavy atom. The number of rotatable bonds is 7. The van der Waals surface area contributed by atoms with E-state index in [4.69, 9.17) is 0 Å². The molecule has 1 heteroatoms. The van der Waals surface area contributed by atoms with Crippen molar-refractivity contribution in [1.29, 1.82) is 0 Å². The molecule has 0 unspecified atom stereocenters. The molecule has 0 amide bonds. The zero-order valence-electron chi connectivity index (χ0n) is 19.0. The third-order valence-corrected chi connectivity index (χ3v) is 7.09. The van der Waals surface area contributed by atoms with Crippen LogP contribution in [0.15, 0.2) is 66.7 Å². The Morgan fingerprint density at radius 2 is 1.71 bits per heavy atom. The number of hydrogen-bond donors (Lipinski definition) is 0. The highest BCUT2D eigenvalue weighted by Crippen LogP contribution is 2.38. The molecular formula is C30H35F. The van der Waals surface area contributed by atoms with Crippen LogP contribution in [-0.4, -0.2) is 0 Å². The van der Waals surface area contributed by atoms with E-state index in [2.05, 4.69) is 61.5 Å². The molecule has 0 heterocycles. The maximum Gasteiger partial charge on any atom is 0.138 e. The summed E-state index contributed by atoms with van der Waals surface area (Å²) in [6, 6.07) is 18.8. The minimum absolute atomic E-state index is 0.106. The van der Waals surface area contributed by atoms with E-state index < -0.39 is 0 Å². The summed E-state index contributed by atoms with van der Waals surface area (Å²) in [7, 11) is 0. The Labute approximate surface area is 187 Å². The molecule has 1 saturated carbocycles. The van der Waals surface area contributed by atoms with Crippen LogP contribution in [0, 0.1) is 11.7 Å². The fourth-order valence-corrected chi connectivity index (χ4v) is 5.26. The second-order valence-electron chi connectivity index (χ2n) is 9.22. The predicted molar refractivity (Wildman–Crippen MR) is 132 cm³/mol. The van der Waals surface area contributed by atoms with Gasteiger partial charge < -0.3 is 0 Å². The van der Waals surface area contributed by atoms with E-state index in [1.165, 1.54) is 49.7 Å². The van der Waals surface area contributed by atoms with Gasteiger partial charge in [-0.15, -0.1) is 0 Å². The Balaban J connectivity index is 1.50. The summed E-state index contributed by atoms with van der Waals surface area (Å²) >= 11 is 0. The molecule has 1 fully saturated rings. The second kappa shape index (κ2) is 10.3. The minimum Gasteiger partial charge on any atom is -0.206 e. The number of halogens is 1. The van der Waals surface area contributed by atoms with Crippen molar-refractivity contribution in [3.8, 4) is 11.1 Å². The standard InChI is InChI=1S/C30H35F/c1-3-5-6-8-23-11-19-29-27(21-23)18-20-28(30(29)31)26-16-14-25(15-17-26)24-12-9-22(7-4-2)10-13-24/h3,5,11,14-22,24H,4,6-10,12-13H2,1-2H3/b5-3+. The van der Waals surface area contributed by atoms with Crippen LogP contribution in [0.25, 0.3) is 21.9 Å². The van der Waals surface area contributed by atoms with E-state index in [0.29, 0.717) is 16.9 Å². The molecule has 3 aromatic rings. The summed E-state index contributed by atoms with van der Waals surface area (Å²) in [6.45, 7) is 4.34. The van der Waals surface area contributed by atoms with E-state index >= 15 is 4.39 Å². The fourth-order valence-electron chi connectivity index (χ4n) is 5.26. The molecule has 0 nitrogen and oxygen atoms in total. The zero-order chi connectivity index (χ0) is 21.6. The van der Waals surface area contributed by atoms with Gasteiger partial charge in [0, 0.05) is 10.9 Å². The van der Waals surface area contributed by atoms with Crippen LogP contribution >= 0.6 is 0 Å². The Hall–Kier alpha value is -2.41. The fraction of sp³-hybridized carbons (Fsp3) is 0.400. The predicted octanol–water partition coefficient (Wildman–Crippen LogP) is 9.23. The van der Waals surface area contributed by atoms with Gasteiger partial charge in [-0.3, -0.25) is 0 Å². The van der Waals surface area contributed by atoms with Crippen LogP contribution in [0.5, 0.6) is 0 Å². The van der Waals surface area contributed by atoms with E-state index in [9.17, 15) is 0 Å². The smallest absolute Gasteiger partial charge is 0.138 e. The summed E-state index contributed by atoms with van der Waals surface area (Å²) in [6.07, 6.45) is 14.3. The lowest BCUT2D eigenvalue weighted by Gasteiger charge is -2.28.